The molecule has 0 saturated carbocycles. The van der Waals surface area contributed by atoms with Crippen molar-refractivity contribution in [3.05, 3.63) is 72.8 Å². The van der Waals surface area contributed by atoms with E-state index >= 15 is 0 Å². The fourth-order valence-electron chi connectivity index (χ4n) is 2.24. The van der Waals surface area contributed by atoms with E-state index in [4.69, 9.17) is 9.47 Å². The monoisotopic (exact) mass is 278 g/mol. The number of fused-ring (bicyclic) bond motifs is 1. The fourth-order valence-corrected chi connectivity index (χ4v) is 2.24. The van der Waals surface area contributed by atoms with Crippen molar-refractivity contribution in [2.45, 2.75) is 13.0 Å². The molecule has 3 aromatic rings. The molecule has 0 spiro atoms. The molecular formula is C19H18O2. The molecule has 3 aromatic carbocycles. The van der Waals surface area contributed by atoms with Crippen LogP contribution in [0.5, 0.6) is 11.5 Å². The third-order valence-corrected chi connectivity index (χ3v) is 3.29. The summed E-state index contributed by atoms with van der Waals surface area (Å²) in [6.45, 7) is 2.53. The summed E-state index contributed by atoms with van der Waals surface area (Å²) in [7, 11) is 0. The van der Waals surface area contributed by atoms with Crippen LogP contribution in [0.25, 0.3) is 10.8 Å². The van der Waals surface area contributed by atoms with Crippen molar-refractivity contribution < 1.29 is 9.47 Å². The van der Waals surface area contributed by atoms with Crippen LogP contribution in [0, 0.1) is 0 Å². The van der Waals surface area contributed by atoms with E-state index in [1.54, 1.807) is 0 Å². The van der Waals surface area contributed by atoms with Gasteiger partial charge < -0.3 is 9.47 Å². The maximum Gasteiger partial charge on any atom is 0.130 e. The van der Waals surface area contributed by atoms with Crippen LogP contribution in [0.2, 0.25) is 0 Å². The smallest absolute Gasteiger partial charge is 0.130 e. The largest absolute Gasteiger partial charge is 0.490 e. The maximum atomic E-state index is 5.82. The van der Waals surface area contributed by atoms with Crippen molar-refractivity contribution in [1.29, 1.82) is 0 Å². The highest BCUT2D eigenvalue weighted by molar-refractivity contribution is 5.83. The molecule has 0 aliphatic carbocycles. The molecule has 0 N–H and O–H groups in total. The van der Waals surface area contributed by atoms with Gasteiger partial charge in [-0.05, 0) is 42.0 Å². The van der Waals surface area contributed by atoms with Crippen molar-refractivity contribution in [1.82, 2.24) is 0 Å². The Kier molecular flexibility index (Phi) is 4.06. The maximum absolute atomic E-state index is 5.82. The van der Waals surface area contributed by atoms with Crippen molar-refractivity contribution in [2.75, 3.05) is 6.61 Å². The van der Waals surface area contributed by atoms with Crippen LogP contribution in [0.4, 0.5) is 0 Å². The Morgan fingerprint density at radius 3 is 2.29 bits per heavy atom. The molecule has 0 aliphatic rings. The topological polar surface area (TPSA) is 18.5 Å². The van der Waals surface area contributed by atoms with E-state index in [0.717, 1.165) is 11.5 Å². The molecule has 0 saturated heterocycles. The molecule has 21 heavy (non-hydrogen) atoms. The second-order valence-electron chi connectivity index (χ2n) is 5.06. The van der Waals surface area contributed by atoms with Crippen molar-refractivity contribution in [2.24, 2.45) is 0 Å². The van der Waals surface area contributed by atoms with Gasteiger partial charge in [0.15, 0.2) is 0 Å². The van der Waals surface area contributed by atoms with Crippen LogP contribution in [-0.4, -0.2) is 12.7 Å². The molecule has 3 rings (SSSR count). The zero-order valence-corrected chi connectivity index (χ0v) is 12.0. The summed E-state index contributed by atoms with van der Waals surface area (Å²) in [5.41, 5.74) is 0. The zero-order chi connectivity index (χ0) is 14.5. The normalized spacial score (nSPS) is 12.0. The standard InChI is InChI=1S/C19H18O2/c1-15(21-18-9-3-2-4-10-18)14-20-19-12-11-16-7-5-6-8-17(16)13-19/h2-13,15H,14H2,1H3. The Labute approximate surface area is 124 Å². The third kappa shape index (κ3) is 3.54. The van der Waals surface area contributed by atoms with Crippen molar-refractivity contribution in [3.8, 4) is 11.5 Å². The molecule has 0 aliphatic heterocycles. The summed E-state index contributed by atoms with van der Waals surface area (Å²) in [5, 5.41) is 2.41. The lowest BCUT2D eigenvalue weighted by molar-refractivity contribution is 0.143. The molecule has 2 heteroatoms. The van der Waals surface area contributed by atoms with Crippen LogP contribution in [-0.2, 0) is 0 Å². The van der Waals surface area contributed by atoms with E-state index in [2.05, 4.69) is 24.3 Å². The summed E-state index contributed by atoms with van der Waals surface area (Å²) < 4.78 is 11.6. The van der Waals surface area contributed by atoms with Crippen LogP contribution in [0.15, 0.2) is 72.8 Å². The van der Waals surface area contributed by atoms with Gasteiger partial charge in [-0.25, -0.2) is 0 Å². The molecule has 0 radical (unpaired) electrons. The first-order valence-corrected chi connectivity index (χ1v) is 7.14. The Morgan fingerprint density at radius 2 is 1.48 bits per heavy atom. The van der Waals surface area contributed by atoms with Gasteiger partial charge in [-0.15, -0.1) is 0 Å². The minimum Gasteiger partial charge on any atom is -0.490 e. The van der Waals surface area contributed by atoms with E-state index in [-0.39, 0.29) is 6.10 Å². The van der Waals surface area contributed by atoms with E-state index < -0.39 is 0 Å². The van der Waals surface area contributed by atoms with E-state index in [1.165, 1.54) is 10.8 Å². The Balaban J connectivity index is 1.60. The summed E-state index contributed by atoms with van der Waals surface area (Å²) in [6, 6.07) is 24.2. The quantitative estimate of drug-likeness (QED) is 0.674. The highest BCUT2D eigenvalue weighted by atomic mass is 16.5. The van der Waals surface area contributed by atoms with Crippen molar-refractivity contribution >= 4 is 10.8 Å². The van der Waals surface area contributed by atoms with Crippen LogP contribution < -0.4 is 9.47 Å². The SMILES string of the molecule is CC(COc1ccc2ccccc2c1)Oc1ccccc1. The summed E-state index contributed by atoms with van der Waals surface area (Å²) in [5.74, 6) is 1.74. The van der Waals surface area contributed by atoms with Gasteiger partial charge in [-0.2, -0.15) is 0 Å². The number of ether oxygens (including phenoxy) is 2. The van der Waals surface area contributed by atoms with E-state index in [9.17, 15) is 0 Å². The highest BCUT2D eigenvalue weighted by Crippen LogP contribution is 2.21. The zero-order valence-electron chi connectivity index (χ0n) is 12.0. The second-order valence-corrected chi connectivity index (χ2v) is 5.06. The molecule has 0 heterocycles. The predicted molar refractivity (Wildman–Crippen MR) is 86.0 cm³/mol. The van der Waals surface area contributed by atoms with Gasteiger partial charge in [0.25, 0.3) is 0 Å². The number of benzene rings is 3. The minimum atomic E-state index is -0.00105. The van der Waals surface area contributed by atoms with Gasteiger partial charge in [0.1, 0.15) is 24.2 Å². The molecule has 106 valence electrons. The molecular weight excluding hydrogens is 260 g/mol. The summed E-state index contributed by atoms with van der Waals surface area (Å²) in [4.78, 5) is 0. The Bertz CT molecular complexity index is 707. The Hall–Kier alpha value is -2.48. The number of hydrogen-bond donors (Lipinski definition) is 0. The molecule has 0 bridgehead atoms. The lowest BCUT2D eigenvalue weighted by Crippen LogP contribution is -2.20. The van der Waals surface area contributed by atoms with Gasteiger partial charge in [-0.3, -0.25) is 0 Å². The first-order valence-electron chi connectivity index (χ1n) is 7.14. The fraction of sp³-hybridized carbons (Fsp3) is 0.158. The van der Waals surface area contributed by atoms with Gasteiger partial charge in [0, 0.05) is 0 Å². The first kappa shape index (κ1) is 13.5. The molecule has 2 nitrogen and oxygen atoms in total. The predicted octanol–water partition coefficient (Wildman–Crippen LogP) is 4.69. The Morgan fingerprint density at radius 1 is 0.762 bits per heavy atom. The van der Waals surface area contributed by atoms with Gasteiger partial charge in [0.2, 0.25) is 0 Å². The summed E-state index contributed by atoms with van der Waals surface area (Å²) >= 11 is 0. The van der Waals surface area contributed by atoms with E-state index in [0.29, 0.717) is 6.61 Å². The average Bonchev–Trinajstić information content (AvgIpc) is 2.54. The number of para-hydroxylation sites is 1. The summed E-state index contributed by atoms with van der Waals surface area (Å²) in [6.07, 6.45) is -0.00105. The first-order chi connectivity index (χ1) is 10.3. The molecule has 1 unspecified atom stereocenters. The second kappa shape index (κ2) is 6.31. The van der Waals surface area contributed by atoms with Crippen LogP contribution in [0.3, 0.4) is 0 Å². The third-order valence-electron chi connectivity index (χ3n) is 3.29. The number of rotatable bonds is 5. The molecule has 1 atom stereocenters. The molecule has 0 aromatic heterocycles. The van der Waals surface area contributed by atoms with Gasteiger partial charge >= 0.3 is 0 Å². The number of hydrogen-bond acceptors (Lipinski definition) is 2. The van der Waals surface area contributed by atoms with Crippen molar-refractivity contribution in [3.63, 3.8) is 0 Å². The lowest BCUT2D eigenvalue weighted by atomic mass is 10.1. The molecule has 0 fully saturated rings. The average molecular weight is 278 g/mol. The lowest BCUT2D eigenvalue weighted by Gasteiger charge is -2.15. The highest BCUT2D eigenvalue weighted by Gasteiger charge is 2.05. The van der Waals surface area contributed by atoms with Crippen LogP contribution >= 0.6 is 0 Å². The van der Waals surface area contributed by atoms with Gasteiger partial charge in [-0.1, -0.05) is 48.5 Å². The van der Waals surface area contributed by atoms with Gasteiger partial charge in [0.05, 0.1) is 0 Å². The molecule has 0 amide bonds. The van der Waals surface area contributed by atoms with Crippen LogP contribution in [0.1, 0.15) is 6.92 Å². The minimum absolute atomic E-state index is 0.00105. The van der Waals surface area contributed by atoms with E-state index in [1.807, 2.05) is 55.5 Å².